The maximum Gasteiger partial charge on any atom is 0.255 e. The number of nitrogens with one attached hydrogen (secondary N) is 1. The lowest BCUT2D eigenvalue weighted by molar-refractivity contribution is -0.136. The predicted octanol–water partition coefficient (Wildman–Crippen LogP) is 2.00. The van der Waals surface area contributed by atoms with Gasteiger partial charge >= 0.3 is 0 Å². The molecule has 0 radical (unpaired) electrons. The van der Waals surface area contributed by atoms with Gasteiger partial charge in [-0.05, 0) is 60.6 Å². The minimum absolute atomic E-state index is 0.00177. The van der Waals surface area contributed by atoms with E-state index in [4.69, 9.17) is 0 Å². The van der Waals surface area contributed by atoms with Crippen LogP contribution in [0.1, 0.15) is 63.4 Å². The number of likely N-dealkylation sites (tertiary alicyclic amines) is 1. The van der Waals surface area contributed by atoms with Crippen LogP contribution in [0.5, 0.6) is 0 Å². The van der Waals surface area contributed by atoms with Crippen LogP contribution in [0.2, 0.25) is 0 Å². The number of rotatable bonds is 3. The van der Waals surface area contributed by atoms with Crippen LogP contribution in [0.15, 0.2) is 36.7 Å². The topological polar surface area (TPSA) is 99.7 Å². The number of amides is 4. The minimum atomic E-state index is -0.738. The standard InChI is InChI=1S/C24H23FN4O4/c25-16-10-17(14-5-8-28(9-6-14)23(32)15-2-1-7-26-12-15)19-13-29(24(33)18(19)11-16)20-3-4-21(30)27-22(20)31/h1-2,7,10-12,14,20H,3-6,8-9,13H2,(H,27,30,31). The molecule has 0 aliphatic carbocycles. The van der Waals surface area contributed by atoms with Crippen LogP contribution in [-0.2, 0) is 16.1 Å². The molecule has 1 N–H and O–H groups in total. The smallest absolute Gasteiger partial charge is 0.255 e. The van der Waals surface area contributed by atoms with Gasteiger partial charge in [-0.1, -0.05) is 0 Å². The van der Waals surface area contributed by atoms with Crippen LogP contribution < -0.4 is 5.32 Å². The zero-order valence-electron chi connectivity index (χ0n) is 17.9. The second-order valence-electron chi connectivity index (χ2n) is 8.73. The molecule has 170 valence electrons. The van der Waals surface area contributed by atoms with Crippen LogP contribution in [0.4, 0.5) is 4.39 Å². The molecule has 9 heteroatoms. The summed E-state index contributed by atoms with van der Waals surface area (Å²) in [4.78, 5) is 56.8. The van der Waals surface area contributed by atoms with Crippen molar-refractivity contribution in [3.05, 3.63) is 64.7 Å². The maximum absolute atomic E-state index is 14.5. The number of benzene rings is 1. The van der Waals surface area contributed by atoms with Crippen LogP contribution in [-0.4, -0.2) is 57.5 Å². The Morgan fingerprint density at radius 1 is 1.12 bits per heavy atom. The van der Waals surface area contributed by atoms with E-state index in [0.29, 0.717) is 31.5 Å². The number of piperidine rings is 2. The molecule has 8 nitrogen and oxygen atoms in total. The van der Waals surface area contributed by atoms with Crippen LogP contribution in [0.25, 0.3) is 0 Å². The highest BCUT2D eigenvalue weighted by molar-refractivity contribution is 6.05. The fourth-order valence-corrected chi connectivity index (χ4v) is 5.08. The van der Waals surface area contributed by atoms with E-state index in [2.05, 4.69) is 10.3 Å². The average molecular weight is 450 g/mol. The molecule has 2 aromatic rings. The summed E-state index contributed by atoms with van der Waals surface area (Å²) in [5.74, 6) is -1.79. The molecule has 33 heavy (non-hydrogen) atoms. The summed E-state index contributed by atoms with van der Waals surface area (Å²) in [6, 6.07) is 5.42. The molecule has 2 fully saturated rings. The Morgan fingerprint density at radius 2 is 1.91 bits per heavy atom. The fourth-order valence-electron chi connectivity index (χ4n) is 5.08. The van der Waals surface area contributed by atoms with Crippen molar-refractivity contribution in [2.24, 2.45) is 0 Å². The van der Waals surface area contributed by atoms with Crippen molar-refractivity contribution in [2.45, 2.75) is 44.2 Å². The fraction of sp³-hybridized carbons (Fsp3) is 0.375. The summed E-state index contributed by atoms with van der Waals surface area (Å²) in [7, 11) is 0. The molecule has 0 bridgehead atoms. The highest BCUT2D eigenvalue weighted by Gasteiger charge is 2.41. The van der Waals surface area contributed by atoms with Crippen LogP contribution in [0.3, 0.4) is 0 Å². The zero-order valence-corrected chi connectivity index (χ0v) is 17.9. The van der Waals surface area contributed by atoms with E-state index in [1.54, 1.807) is 29.4 Å². The molecule has 1 aromatic heterocycles. The summed E-state index contributed by atoms with van der Waals surface area (Å²) in [6.45, 7) is 1.26. The van der Waals surface area contributed by atoms with Crippen molar-refractivity contribution in [1.82, 2.24) is 20.1 Å². The number of hydrogen-bond acceptors (Lipinski definition) is 5. The number of carbonyl (C=O) groups excluding carboxylic acids is 4. The van der Waals surface area contributed by atoms with Gasteiger partial charge in [-0.15, -0.1) is 0 Å². The van der Waals surface area contributed by atoms with Crippen molar-refractivity contribution < 1.29 is 23.6 Å². The molecule has 4 heterocycles. The van der Waals surface area contributed by atoms with Crippen molar-refractivity contribution in [1.29, 1.82) is 0 Å². The van der Waals surface area contributed by atoms with Crippen molar-refractivity contribution in [2.75, 3.05) is 13.1 Å². The van der Waals surface area contributed by atoms with Crippen LogP contribution in [0, 0.1) is 5.82 Å². The lowest BCUT2D eigenvalue weighted by Gasteiger charge is -2.33. The first-order valence-electron chi connectivity index (χ1n) is 11.1. The molecule has 1 atom stereocenters. The minimum Gasteiger partial charge on any atom is -0.339 e. The summed E-state index contributed by atoms with van der Waals surface area (Å²) in [5.41, 5.74) is 2.32. The zero-order chi connectivity index (χ0) is 23.1. The summed E-state index contributed by atoms with van der Waals surface area (Å²) < 4.78 is 14.5. The van der Waals surface area contributed by atoms with Crippen molar-refractivity contribution in [3.63, 3.8) is 0 Å². The quantitative estimate of drug-likeness (QED) is 0.721. The number of hydrogen-bond donors (Lipinski definition) is 1. The molecule has 4 amide bonds. The number of fused-ring (bicyclic) bond motifs is 1. The van der Waals surface area contributed by atoms with Gasteiger partial charge in [-0.3, -0.25) is 29.5 Å². The van der Waals surface area contributed by atoms with E-state index in [9.17, 15) is 23.6 Å². The van der Waals surface area contributed by atoms with Gasteiger partial charge in [0.15, 0.2) is 0 Å². The van der Waals surface area contributed by atoms with E-state index in [1.807, 2.05) is 0 Å². The third kappa shape index (κ3) is 3.88. The average Bonchev–Trinajstić information content (AvgIpc) is 3.15. The first-order chi connectivity index (χ1) is 15.9. The van der Waals surface area contributed by atoms with Gasteiger partial charge in [-0.25, -0.2) is 4.39 Å². The van der Waals surface area contributed by atoms with Gasteiger partial charge in [0.1, 0.15) is 11.9 Å². The number of imide groups is 1. The second kappa shape index (κ2) is 8.38. The highest BCUT2D eigenvalue weighted by atomic mass is 19.1. The first-order valence-corrected chi connectivity index (χ1v) is 11.1. The van der Waals surface area contributed by atoms with Crippen LogP contribution >= 0.6 is 0 Å². The first kappa shape index (κ1) is 21.2. The van der Waals surface area contributed by atoms with Gasteiger partial charge in [0.25, 0.3) is 11.8 Å². The van der Waals surface area contributed by atoms with E-state index >= 15 is 0 Å². The van der Waals surface area contributed by atoms with E-state index in [0.717, 1.165) is 11.1 Å². The van der Waals surface area contributed by atoms with Gasteiger partial charge in [0, 0.05) is 44.0 Å². The summed E-state index contributed by atoms with van der Waals surface area (Å²) >= 11 is 0. The molecule has 1 aromatic carbocycles. The maximum atomic E-state index is 14.5. The Kier molecular flexibility index (Phi) is 5.39. The lowest BCUT2D eigenvalue weighted by atomic mass is 9.85. The Hall–Kier alpha value is -3.62. The monoisotopic (exact) mass is 450 g/mol. The Balaban J connectivity index is 1.34. The Labute approximate surface area is 189 Å². The third-order valence-corrected chi connectivity index (χ3v) is 6.79. The molecule has 0 spiro atoms. The van der Waals surface area contributed by atoms with Gasteiger partial charge < -0.3 is 9.80 Å². The molecular weight excluding hydrogens is 427 g/mol. The van der Waals surface area contributed by atoms with Crippen molar-refractivity contribution >= 4 is 23.6 Å². The number of aromatic nitrogens is 1. The van der Waals surface area contributed by atoms with Gasteiger partial charge in [0.05, 0.1) is 5.56 Å². The predicted molar refractivity (Wildman–Crippen MR) is 115 cm³/mol. The third-order valence-electron chi connectivity index (χ3n) is 6.79. The SMILES string of the molecule is O=C1CCC(N2Cc3c(cc(F)cc3C3CCN(C(=O)c4cccnc4)CC3)C2=O)C(=O)N1. The number of pyridine rings is 1. The lowest BCUT2D eigenvalue weighted by Crippen LogP contribution is -2.52. The van der Waals surface area contributed by atoms with Crippen molar-refractivity contribution in [3.8, 4) is 0 Å². The number of nitrogens with zero attached hydrogens (tertiary/aromatic N) is 3. The molecule has 2 saturated heterocycles. The second-order valence-corrected chi connectivity index (χ2v) is 8.73. The van der Waals surface area contributed by atoms with E-state index in [-0.39, 0.29) is 48.6 Å². The normalized spacial score (nSPS) is 21.2. The van der Waals surface area contributed by atoms with Gasteiger partial charge in [0.2, 0.25) is 11.8 Å². The molecule has 3 aliphatic rings. The summed E-state index contributed by atoms with van der Waals surface area (Å²) in [6.07, 6.45) is 4.89. The molecule has 1 unspecified atom stereocenters. The molecular formula is C24H23FN4O4. The largest absolute Gasteiger partial charge is 0.339 e. The number of carbonyl (C=O) groups is 4. The Morgan fingerprint density at radius 3 is 2.61 bits per heavy atom. The van der Waals surface area contributed by atoms with Gasteiger partial charge in [-0.2, -0.15) is 0 Å². The van der Waals surface area contributed by atoms with E-state index < -0.39 is 17.8 Å². The summed E-state index contributed by atoms with van der Waals surface area (Å²) in [5, 5.41) is 2.28. The molecule has 0 saturated carbocycles. The molecule has 5 rings (SSSR count). The number of halogens is 1. The highest BCUT2D eigenvalue weighted by Crippen LogP contribution is 2.38. The van der Waals surface area contributed by atoms with E-state index in [1.165, 1.54) is 17.0 Å². The Bertz CT molecular complexity index is 1140. The molecule has 3 aliphatic heterocycles.